The lowest BCUT2D eigenvalue weighted by atomic mass is 10.1. The van der Waals surface area contributed by atoms with E-state index in [2.05, 4.69) is 38.8 Å². The van der Waals surface area contributed by atoms with Gasteiger partial charge in [0.1, 0.15) is 0 Å². The summed E-state index contributed by atoms with van der Waals surface area (Å²) in [6.45, 7) is 2.15. The van der Waals surface area contributed by atoms with Gasteiger partial charge in [0.25, 0.3) is 0 Å². The normalized spacial score (nSPS) is 15.7. The van der Waals surface area contributed by atoms with Gasteiger partial charge in [-0.15, -0.1) is 9.24 Å². The molecule has 6 heteroatoms. The maximum absolute atomic E-state index is 10.4. The lowest BCUT2D eigenvalue weighted by Gasteiger charge is -2.06. The molecule has 4 nitrogen and oxygen atoms in total. The standard InChI is InChI=1S/C20H32IO4P/c1-2-3-5-9-16(22)10-6-4-7-12-18(21)19(26)15-14-17(23)11-8-13-20(24)25/h4,6-7,12,14-17,22-23H,2-3,5,8-11,13,26H2,1H3,(H,24,25)/b6-4+,12-7+,15-14+,19-18-. The fourth-order valence-corrected chi connectivity index (χ4v) is 2.75. The zero-order valence-electron chi connectivity index (χ0n) is 15.5. The van der Waals surface area contributed by atoms with Gasteiger partial charge in [-0.05, 0) is 59.7 Å². The van der Waals surface area contributed by atoms with E-state index >= 15 is 0 Å². The Bertz CT molecular complexity index is 512. The smallest absolute Gasteiger partial charge is 0.303 e. The highest BCUT2D eigenvalue weighted by atomic mass is 127. The van der Waals surface area contributed by atoms with Gasteiger partial charge in [-0.2, -0.15) is 0 Å². The quantitative estimate of drug-likeness (QED) is 0.136. The molecule has 0 aliphatic heterocycles. The van der Waals surface area contributed by atoms with Crippen LogP contribution in [0.2, 0.25) is 0 Å². The minimum atomic E-state index is -0.839. The number of allylic oxidation sites excluding steroid dienone is 6. The molecule has 0 fully saturated rings. The number of rotatable bonds is 14. The number of aliphatic carboxylic acids is 1. The first-order valence-corrected chi connectivity index (χ1v) is 10.8. The summed E-state index contributed by atoms with van der Waals surface area (Å²) in [4.78, 5) is 10.4. The van der Waals surface area contributed by atoms with E-state index in [9.17, 15) is 15.0 Å². The molecule has 0 spiro atoms. The summed E-state index contributed by atoms with van der Waals surface area (Å²) in [6, 6.07) is 0. The second-order valence-corrected chi connectivity index (χ2v) is 7.97. The molecule has 0 aliphatic carbocycles. The van der Waals surface area contributed by atoms with Gasteiger partial charge in [0.05, 0.1) is 12.2 Å². The van der Waals surface area contributed by atoms with Gasteiger partial charge in [0.15, 0.2) is 0 Å². The van der Waals surface area contributed by atoms with Gasteiger partial charge in [-0.25, -0.2) is 0 Å². The van der Waals surface area contributed by atoms with Gasteiger partial charge in [0, 0.05) is 10.0 Å². The first-order chi connectivity index (χ1) is 12.4. The van der Waals surface area contributed by atoms with Crippen molar-refractivity contribution in [1.29, 1.82) is 0 Å². The van der Waals surface area contributed by atoms with Crippen molar-refractivity contribution in [2.24, 2.45) is 0 Å². The predicted molar refractivity (Wildman–Crippen MR) is 120 cm³/mol. The van der Waals surface area contributed by atoms with Crippen LogP contribution in [0.5, 0.6) is 0 Å². The predicted octanol–water partition coefficient (Wildman–Crippen LogP) is 5.12. The van der Waals surface area contributed by atoms with Gasteiger partial charge in [-0.3, -0.25) is 4.79 Å². The summed E-state index contributed by atoms with van der Waals surface area (Å²) in [5.41, 5.74) is 0. The van der Waals surface area contributed by atoms with E-state index in [1.165, 1.54) is 12.8 Å². The van der Waals surface area contributed by atoms with Crippen LogP contribution in [-0.2, 0) is 4.79 Å². The molecule has 0 radical (unpaired) electrons. The number of aliphatic hydroxyl groups excluding tert-OH is 2. The van der Waals surface area contributed by atoms with Crippen LogP contribution >= 0.6 is 31.8 Å². The highest BCUT2D eigenvalue weighted by molar-refractivity contribution is 14.1. The Morgan fingerprint density at radius 1 is 1.12 bits per heavy atom. The van der Waals surface area contributed by atoms with E-state index in [0.717, 1.165) is 21.7 Å². The van der Waals surface area contributed by atoms with Gasteiger partial charge in [-0.1, -0.05) is 56.6 Å². The van der Waals surface area contributed by atoms with Crippen molar-refractivity contribution >= 4 is 37.8 Å². The van der Waals surface area contributed by atoms with Crippen LogP contribution < -0.4 is 0 Å². The molecule has 0 aliphatic rings. The third-order valence-corrected chi connectivity index (χ3v) is 5.78. The number of carboxylic acids is 1. The second kappa shape index (κ2) is 16.7. The first-order valence-electron chi connectivity index (χ1n) is 9.11. The molecule has 0 aromatic heterocycles. The van der Waals surface area contributed by atoms with E-state index < -0.39 is 12.1 Å². The molecule has 0 rings (SSSR count). The number of carbonyl (C=O) groups is 1. The fraction of sp³-hybridized carbons (Fsp3) is 0.550. The van der Waals surface area contributed by atoms with Crippen molar-refractivity contribution in [2.75, 3.05) is 0 Å². The van der Waals surface area contributed by atoms with Crippen LogP contribution in [0.4, 0.5) is 0 Å². The zero-order valence-corrected chi connectivity index (χ0v) is 18.8. The van der Waals surface area contributed by atoms with Gasteiger partial charge >= 0.3 is 5.97 Å². The Balaban J connectivity index is 4.24. The van der Waals surface area contributed by atoms with Crippen molar-refractivity contribution in [2.45, 2.75) is 70.5 Å². The summed E-state index contributed by atoms with van der Waals surface area (Å²) in [6.07, 6.45) is 16.3. The number of hydrogen-bond acceptors (Lipinski definition) is 3. The molecule has 0 saturated heterocycles. The van der Waals surface area contributed by atoms with Gasteiger partial charge in [0.2, 0.25) is 0 Å². The van der Waals surface area contributed by atoms with Crippen LogP contribution in [-0.4, -0.2) is 33.5 Å². The van der Waals surface area contributed by atoms with Crippen molar-refractivity contribution in [3.8, 4) is 0 Å². The van der Waals surface area contributed by atoms with Crippen molar-refractivity contribution in [3.63, 3.8) is 0 Å². The highest BCUT2D eigenvalue weighted by Crippen LogP contribution is 2.22. The monoisotopic (exact) mass is 494 g/mol. The van der Waals surface area contributed by atoms with E-state index in [4.69, 9.17) is 5.11 Å². The number of aliphatic hydroxyl groups is 2. The number of unbranched alkanes of at least 4 members (excludes halogenated alkanes) is 2. The molecule has 148 valence electrons. The highest BCUT2D eigenvalue weighted by Gasteiger charge is 2.02. The molecule has 0 aromatic rings. The lowest BCUT2D eigenvalue weighted by Crippen LogP contribution is -2.04. The zero-order chi connectivity index (χ0) is 19.8. The molecule has 0 saturated carbocycles. The summed E-state index contributed by atoms with van der Waals surface area (Å²) in [5.74, 6) is -0.839. The largest absolute Gasteiger partial charge is 0.481 e. The maximum Gasteiger partial charge on any atom is 0.303 e. The molecule has 0 bridgehead atoms. The molecule has 0 aromatic carbocycles. The second-order valence-electron chi connectivity index (χ2n) is 6.19. The van der Waals surface area contributed by atoms with Crippen molar-refractivity contribution in [1.82, 2.24) is 0 Å². The van der Waals surface area contributed by atoms with Crippen molar-refractivity contribution < 1.29 is 20.1 Å². The van der Waals surface area contributed by atoms with Gasteiger partial charge < -0.3 is 15.3 Å². The van der Waals surface area contributed by atoms with Crippen LogP contribution in [0.15, 0.2) is 45.4 Å². The molecule has 0 amide bonds. The molecule has 3 unspecified atom stereocenters. The Morgan fingerprint density at radius 2 is 1.85 bits per heavy atom. The van der Waals surface area contributed by atoms with Crippen LogP contribution in [0.25, 0.3) is 0 Å². The third kappa shape index (κ3) is 15.7. The summed E-state index contributed by atoms with van der Waals surface area (Å²) >= 11 is 2.22. The summed E-state index contributed by atoms with van der Waals surface area (Å²) in [7, 11) is 2.63. The molecular weight excluding hydrogens is 462 g/mol. The lowest BCUT2D eigenvalue weighted by molar-refractivity contribution is -0.137. The topological polar surface area (TPSA) is 77.8 Å². The number of hydrogen-bond donors (Lipinski definition) is 3. The van der Waals surface area contributed by atoms with Crippen LogP contribution in [0.3, 0.4) is 0 Å². The Labute approximate surface area is 173 Å². The Hall–Kier alpha value is -0.490. The van der Waals surface area contributed by atoms with E-state index in [1.807, 2.05) is 30.4 Å². The van der Waals surface area contributed by atoms with E-state index in [1.54, 1.807) is 6.08 Å². The summed E-state index contributed by atoms with van der Waals surface area (Å²) in [5, 5.41) is 29.2. The van der Waals surface area contributed by atoms with E-state index in [0.29, 0.717) is 19.3 Å². The average Bonchev–Trinajstić information content (AvgIpc) is 2.59. The Morgan fingerprint density at radius 3 is 2.50 bits per heavy atom. The molecule has 3 N–H and O–H groups in total. The fourth-order valence-electron chi connectivity index (χ4n) is 2.15. The number of carboxylic acid groups (broad SMARTS) is 1. The number of halogens is 1. The third-order valence-electron chi connectivity index (χ3n) is 3.70. The average molecular weight is 494 g/mol. The van der Waals surface area contributed by atoms with E-state index in [-0.39, 0.29) is 12.5 Å². The van der Waals surface area contributed by atoms with Crippen LogP contribution in [0.1, 0.15) is 58.3 Å². The molecule has 26 heavy (non-hydrogen) atoms. The van der Waals surface area contributed by atoms with Crippen molar-refractivity contribution in [3.05, 3.63) is 45.4 Å². The summed E-state index contributed by atoms with van der Waals surface area (Å²) < 4.78 is 1.02. The molecular formula is C20H32IO4P. The van der Waals surface area contributed by atoms with Crippen LogP contribution in [0, 0.1) is 0 Å². The molecule has 3 atom stereocenters. The minimum Gasteiger partial charge on any atom is -0.481 e. The minimum absolute atomic E-state index is 0.0778. The Kier molecular flexibility index (Phi) is 16.4. The first kappa shape index (κ1) is 25.5. The molecule has 0 heterocycles. The SMILES string of the molecule is CCCCCC(O)C/C=C/C=C/C(I)=C(P)\C=C\C(O)CCCC(=O)O. The maximum atomic E-state index is 10.4.